The molecule has 2 aromatic carbocycles. The Kier molecular flexibility index (Phi) is 3.62. The molecule has 0 radical (unpaired) electrons. The Morgan fingerprint density at radius 3 is 2.57 bits per heavy atom. The smallest absolute Gasteiger partial charge is 0.307 e. The lowest BCUT2D eigenvalue weighted by atomic mass is 10.0. The second-order valence-electron chi connectivity index (χ2n) is 4.75. The normalized spacial score (nSPS) is 11.0. The third kappa shape index (κ3) is 2.75. The van der Waals surface area contributed by atoms with Crippen LogP contribution in [0.3, 0.4) is 0 Å². The second kappa shape index (κ2) is 5.43. The monoisotopic (exact) mass is 319 g/mol. The second-order valence-corrected chi connectivity index (χ2v) is 5.62. The van der Waals surface area contributed by atoms with Gasteiger partial charge in [-0.25, -0.2) is 0 Å². The van der Waals surface area contributed by atoms with Gasteiger partial charge in [0.1, 0.15) is 0 Å². The van der Waals surface area contributed by atoms with Crippen LogP contribution in [0.1, 0.15) is 5.56 Å². The Morgan fingerprint density at radius 1 is 1.10 bits per heavy atom. The first-order chi connectivity index (χ1) is 10.0. The lowest BCUT2D eigenvalue weighted by Crippen LogP contribution is -2.00. The molecule has 0 fully saturated rings. The number of halogens is 2. The molecule has 106 valence electrons. The first-order valence-corrected chi connectivity index (χ1v) is 7.08. The summed E-state index contributed by atoms with van der Waals surface area (Å²) in [5.41, 5.74) is 3.18. The quantitative estimate of drug-likeness (QED) is 0.730. The minimum Gasteiger partial charge on any atom is -0.481 e. The van der Waals surface area contributed by atoms with Gasteiger partial charge in [-0.2, -0.15) is 0 Å². The molecular formula is C16H11Cl2NO2. The number of aromatic amines is 1. The fourth-order valence-electron chi connectivity index (χ4n) is 2.45. The number of carbonyl (C=O) groups is 1. The van der Waals surface area contributed by atoms with Crippen LogP contribution in [-0.4, -0.2) is 16.1 Å². The minimum atomic E-state index is -0.890. The average molecular weight is 320 g/mol. The molecule has 5 heteroatoms. The van der Waals surface area contributed by atoms with Crippen LogP contribution in [0.25, 0.3) is 22.2 Å². The van der Waals surface area contributed by atoms with Crippen molar-refractivity contribution in [2.75, 3.05) is 0 Å². The van der Waals surface area contributed by atoms with Crippen molar-refractivity contribution in [1.29, 1.82) is 0 Å². The fourth-order valence-corrected chi connectivity index (χ4v) is 2.81. The molecule has 3 rings (SSSR count). The van der Waals surface area contributed by atoms with Gasteiger partial charge in [0.25, 0.3) is 0 Å². The van der Waals surface area contributed by atoms with Gasteiger partial charge in [-0.15, -0.1) is 0 Å². The van der Waals surface area contributed by atoms with Crippen molar-refractivity contribution < 1.29 is 9.90 Å². The van der Waals surface area contributed by atoms with Crippen LogP contribution >= 0.6 is 23.2 Å². The van der Waals surface area contributed by atoms with Crippen molar-refractivity contribution in [1.82, 2.24) is 4.98 Å². The van der Waals surface area contributed by atoms with E-state index in [1.54, 1.807) is 24.3 Å². The number of carboxylic acid groups (broad SMARTS) is 1. The molecule has 0 spiro atoms. The van der Waals surface area contributed by atoms with Gasteiger partial charge >= 0.3 is 5.97 Å². The summed E-state index contributed by atoms with van der Waals surface area (Å²) in [6.45, 7) is 0. The van der Waals surface area contributed by atoms with Crippen molar-refractivity contribution in [3.8, 4) is 11.3 Å². The largest absolute Gasteiger partial charge is 0.481 e. The first kappa shape index (κ1) is 14.0. The zero-order chi connectivity index (χ0) is 15.0. The Labute approximate surface area is 131 Å². The zero-order valence-electron chi connectivity index (χ0n) is 10.9. The predicted octanol–water partition coefficient (Wildman–Crippen LogP) is 4.77. The van der Waals surface area contributed by atoms with E-state index in [0.717, 1.165) is 22.2 Å². The van der Waals surface area contributed by atoms with Crippen molar-refractivity contribution in [3.63, 3.8) is 0 Å². The van der Waals surface area contributed by atoms with Crippen molar-refractivity contribution in [2.24, 2.45) is 0 Å². The number of rotatable bonds is 3. The molecule has 1 heterocycles. The topological polar surface area (TPSA) is 53.1 Å². The molecule has 0 amide bonds. The van der Waals surface area contributed by atoms with Crippen LogP contribution in [0.5, 0.6) is 0 Å². The Balaban J connectivity index is 2.28. The fraction of sp³-hybridized carbons (Fsp3) is 0.0625. The molecule has 3 nitrogen and oxygen atoms in total. The van der Waals surface area contributed by atoms with E-state index in [1.165, 1.54) is 0 Å². The molecule has 0 saturated carbocycles. The summed E-state index contributed by atoms with van der Waals surface area (Å²) < 4.78 is 0. The molecule has 0 saturated heterocycles. The van der Waals surface area contributed by atoms with Gasteiger partial charge in [0, 0.05) is 20.9 Å². The summed E-state index contributed by atoms with van der Waals surface area (Å²) >= 11 is 12.1. The number of H-pyrrole nitrogens is 1. The van der Waals surface area contributed by atoms with E-state index < -0.39 is 5.97 Å². The van der Waals surface area contributed by atoms with E-state index >= 15 is 0 Å². The molecule has 0 aliphatic rings. The maximum atomic E-state index is 11.2. The summed E-state index contributed by atoms with van der Waals surface area (Å²) in [4.78, 5) is 14.4. The number of aromatic nitrogens is 1. The van der Waals surface area contributed by atoms with Crippen LogP contribution in [0, 0.1) is 0 Å². The minimum absolute atomic E-state index is 0.0812. The maximum Gasteiger partial charge on any atom is 0.307 e. The van der Waals surface area contributed by atoms with E-state index in [0.29, 0.717) is 15.6 Å². The van der Waals surface area contributed by atoms with E-state index in [9.17, 15) is 4.79 Å². The lowest BCUT2D eigenvalue weighted by molar-refractivity contribution is -0.136. The maximum absolute atomic E-state index is 11.2. The van der Waals surface area contributed by atoms with Crippen LogP contribution in [0.2, 0.25) is 10.0 Å². The molecule has 2 N–H and O–H groups in total. The highest BCUT2D eigenvalue weighted by molar-refractivity contribution is 6.31. The van der Waals surface area contributed by atoms with Crippen molar-refractivity contribution in [2.45, 2.75) is 6.42 Å². The van der Waals surface area contributed by atoms with Crippen LogP contribution < -0.4 is 0 Å². The summed E-state index contributed by atoms with van der Waals surface area (Å²) in [5.74, 6) is -0.890. The number of aliphatic carboxylic acids is 1. The molecule has 21 heavy (non-hydrogen) atoms. The van der Waals surface area contributed by atoms with Gasteiger partial charge in [0.15, 0.2) is 0 Å². The van der Waals surface area contributed by atoms with E-state index in [4.69, 9.17) is 28.3 Å². The average Bonchev–Trinajstić information content (AvgIpc) is 2.76. The van der Waals surface area contributed by atoms with E-state index in [2.05, 4.69) is 4.98 Å². The molecule has 0 atom stereocenters. The van der Waals surface area contributed by atoms with Crippen LogP contribution in [0.15, 0.2) is 42.5 Å². The third-order valence-electron chi connectivity index (χ3n) is 3.31. The molecule has 0 unspecified atom stereocenters. The van der Waals surface area contributed by atoms with Gasteiger partial charge in [-0.05, 0) is 41.5 Å². The molecule has 0 aliphatic carbocycles. The number of carboxylic acids is 1. The SMILES string of the molecule is O=C(O)Cc1c(-c2cccc(Cl)c2)[nH]c2ccc(Cl)cc12. The highest BCUT2D eigenvalue weighted by Gasteiger charge is 2.16. The third-order valence-corrected chi connectivity index (χ3v) is 3.78. The number of fused-ring (bicyclic) bond motifs is 1. The molecule has 0 bridgehead atoms. The Bertz CT molecular complexity index is 839. The van der Waals surface area contributed by atoms with Gasteiger partial charge in [0.2, 0.25) is 0 Å². The van der Waals surface area contributed by atoms with Crippen LogP contribution in [0.4, 0.5) is 0 Å². The number of nitrogens with one attached hydrogen (secondary N) is 1. The summed E-state index contributed by atoms with van der Waals surface area (Å²) in [6.07, 6.45) is -0.0812. The highest BCUT2D eigenvalue weighted by atomic mass is 35.5. The zero-order valence-corrected chi connectivity index (χ0v) is 12.4. The Morgan fingerprint density at radius 2 is 1.86 bits per heavy atom. The Hall–Kier alpha value is -1.97. The van der Waals surface area contributed by atoms with Gasteiger partial charge in [-0.3, -0.25) is 4.79 Å². The number of hydrogen-bond donors (Lipinski definition) is 2. The lowest BCUT2D eigenvalue weighted by Gasteiger charge is -2.03. The highest BCUT2D eigenvalue weighted by Crippen LogP contribution is 2.33. The predicted molar refractivity (Wildman–Crippen MR) is 85.1 cm³/mol. The van der Waals surface area contributed by atoms with Gasteiger partial charge in [0.05, 0.1) is 12.1 Å². The molecule has 0 aliphatic heterocycles. The summed E-state index contributed by atoms with van der Waals surface area (Å²) in [6, 6.07) is 12.7. The van der Waals surface area contributed by atoms with Crippen LogP contribution in [-0.2, 0) is 11.2 Å². The first-order valence-electron chi connectivity index (χ1n) is 6.32. The molecule has 1 aromatic heterocycles. The standard InChI is InChI=1S/C16H11Cl2NO2/c17-10-3-1-2-9(6-10)16-13(8-15(20)21)12-7-11(18)4-5-14(12)19-16/h1-7,19H,8H2,(H,20,21). The molecule has 3 aromatic rings. The van der Waals surface area contributed by atoms with Gasteiger partial charge in [-0.1, -0.05) is 35.3 Å². The molecular weight excluding hydrogens is 309 g/mol. The van der Waals surface area contributed by atoms with E-state index in [1.807, 2.05) is 18.2 Å². The summed E-state index contributed by atoms with van der Waals surface area (Å²) in [7, 11) is 0. The van der Waals surface area contributed by atoms with Crippen molar-refractivity contribution in [3.05, 3.63) is 58.1 Å². The van der Waals surface area contributed by atoms with Gasteiger partial charge < -0.3 is 10.1 Å². The number of hydrogen-bond acceptors (Lipinski definition) is 1. The van der Waals surface area contributed by atoms with E-state index in [-0.39, 0.29) is 6.42 Å². The van der Waals surface area contributed by atoms with Crippen molar-refractivity contribution >= 4 is 40.1 Å². The summed E-state index contributed by atoms with van der Waals surface area (Å²) in [5, 5.41) is 11.2. The number of benzene rings is 2.